The third kappa shape index (κ3) is 7.25. The van der Waals surface area contributed by atoms with Crippen LogP contribution in [0.25, 0.3) is 0 Å². The van der Waals surface area contributed by atoms with Crippen LogP contribution in [-0.4, -0.2) is 81.2 Å². The summed E-state index contributed by atoms with van der Waals surface area (Å²) in [5, 5.41) is 0. The van der Waals surface area contributed by atoms with Crippen molar-refractivity contribution in [3.8, 4) is 0 Å². The maximum absolute atomic E-state index is 5.90. The van der Waals surface area contributed by atoms with E-state index in [0.29, 0.717) is 5.92 Å². The van der Waals surface area contributed by atoms with Crippen LogP contribution in [0.4, 0.5) is 0 Å². The van der Waals surface area contributed by atoms with Crippen molar-refractivity contribution in [3.63, 3.8) is 0 Å². The van der Waals surface area contributed by atoms with E-state index in [1.807, 2.05) is 0 Å². The Kier molecular flexibility index (Phi) is 7.91. The molecule has 1 atom stereocenters. The summed E-state index contributed by atoms with van der Waals surface area (Å²) in [6, 6.07) is 0. The molecule has 0 aliphatic carbocycles. The molecule has 0 spiro atoms. The fourth-order valence-electron chi connectivity index (χ4n) is 2.81. The number of nitrogens with zero attached hydrogens (tertiary/aromatic N) is 3. The van der Waals surface area contributed by atoms with Crippen molar-refractivity contribution < 1.29 is 0 Å². The van der Waals surface area contributed by atoms with E-state index >= 15 is 0 Å². The topological polar surface area (TPSA) is 35.7 Å². The van der Waals surface area contributed by atoms with Gasteiger partial charge in [0.05, 0.1) is 0 Å². The Labute approximate surface area is 119 Å². The van der Waals surface area contributed by atoms with Crippen LogP contribution < -0.4 is 5.73 Å². The van der Waals surface area contributed by atoms with Gasteiger partial charge in [0.25, 0.3) is 0 Å². The van der Waals surface area contributed by atoms with Gasteiger partial charge >= 0.3 is 0 Å². The van der Waals surface area contributed by atoms with E-state index in [1.165, 1.54) is 52.2 Å². The van der Waals surface area contributed by atoms with Gasteiger partial charge < -0.3 is 15.5 Å². The number of hydrogen-bond donors (Lipinski definition) is 1. The van der Waals surface area contributed by atoms with Crippen LogP contribution in [0.1, 0.15) is 20.3 Å². The van der Waals surface area contributed by atoms with E-state index in [-0.39, 0.29) is 0 Å². The lowest BCUT2D eigenvalue weighted by Gasteiger charge is -2.37. The Bertz CT molecular complexity index is 222. The minimum absolute atomic E-state index is 0.674. The van der Waals surface area contributed by atoms with Gasteiger partial charge in [-0.25, -0.2) is 0 Å². The molecule has 0 saturated carbocycles. The number of nitrogens with two attached hydrogens (primary N) is 1. The quantitative estimate of drug-likeness (QED) is 0.707. The number of rotatable bonds is 8. The summed E-state index contributed by atoms with van der Waals surface area (Å²) in [6.45, 7) is 13.8. The van der Waals surface area contributed by atoms with Gasteiger partial charge in [0.1, 0.15) is 0 Å². The molecule has 4 heteroatoms. The number of hydrogen-bond acceptors (Lipinski definition) is 4. The zero-order valence-corrected chi connectivity index (χ0v) is 13.4. The smallest absolute Gasteiger partial charge is 0.0110 e. The molecule has 0 aromatic heterocycles. The van der Waals surface area contributed by atoms with E-state index in [9.17, 15) is 0 Å². The van der Waals surface area contributed by atoms with Gasteiger partial charge in [-0.2, -0.15) is 0 Å². The molecule has 1 saturated heterocycles. The molecule has 0 aromatic rings. The van der Waals surface area contributed by atoms with Crippen LogP contribution in [0.5, 0.6) is 0 Å². The molecular weight excluding hydrogens is 236 g/mol. The summed E-state index contributed by atoms with van der Waals surface area (Å²) in [4.78, 5) is 7.45. The lowest BCUT2D eigenvalue weighted by molar-refractivity contribution is 0.109. The molecule has 1 fully saturated rings. The fourth-order valence-corrected chi connectivity index (χ4v) is 2.81. The average molecular weight is 270 g/mol. The third-order valence-corrected chi connectivity index (χ3v) is 3.98. The van der Waals surface area contributed by atoms with E-state index in [0.717, 1.165) is 12.5 Å². The van der Waals surface area contributed by atoms with Gasteiger partial charge in [-0.15, -0.1) is 0 Å². The molecule has 2 N–H and O–H groups in total. The first kappa shape index (κ1) is 16.9. The summed E-state index contributed by atoms with van der Waals surface area (Å²) in [7, 11) is 4.29. The predicted octanol–water partition coefficient (Wildman–Crippen LogP) is 0.787. The summed E-state index contributed by atoms with van der Waals surface area (Å²) in [5.74, 6) is 1.43. The molecule has 0 aromatic carbocycles. The largest absolute Gasteiger partial charge is 0.330 e. The number of piperazine rings is 1. The first-order valence-electron chi connectivity index (χ1n) is 7.80. The Morgan fingerprint density at radius 2 is 1.63 bits per heavy atom. The first-order chi connectivity index (χ1) is 9.01. The highest BCUT2D eigenvalue weighted by Gasteiger charge is 2.19. The van der Waals surface area contributed by atoms with Crippen molar-refractivity contribution in [2.75, 3.05) is 66.5 Å². The highest BCUT2D eigenvalue weighted by Crippen LogP contribution is 2.13. The van der Waals surface area contributed by atoms with Crippen LogP contribution in [0, 0.1) is 11.8 Å². The van der Waals surface area contributed by atoms with Crippen LogP contribution in [0.2, 0.25) is 0 Å². The minimum Gasteiger partial charge on any atom is -0.330 e. The van der Waals surface area contributed by atoms with Gasteiger partial charge in [-0.3, -0.25) is 4.90 Å². The zero-order valence-electron chi connectivity index (χ0n) is 13.4. The molecule has 1 unspecified atom stereocenters. The lowest BCUT2D eigenvalue weighted by Crippen LogP contribution is -2.49. The molecular formula is C15H34N4. The monoisotopic (exact) mass is 270 g/mol. The van der Waals surface area contributed by atoms with Crippen molar-refractivity contribution in [1.29, 1.82) is 0 Å². The summed E-state index contributed by atoms with van der Waals surface area (Å²) < 4.78 is 0. The van der Waals surface area contributed by atoms with Gasteiger partial charge in [-0.1, -0.05) is 13.8 Å². The van der Waals surface area contributed by atoms with Gasteiger partial charge in [0.2, 0.25) is 0 Å². The average Bonchev–Trinajstić information content (AvgIpc) is 2.36. The van der Waals surface area contributed by atoms with Crippen molar-refractivity contribution >= 4 is 0 Å². The van der Waals surface area contributed by atoms with E-state index < -0.39 is 0 Å². The SMILES string of the molecule is CC(C)CC(CN)CN1CCN(CCN(C)C)CC1. The summed E-state index contributed by atoms with van der Waals surface area (Å²) >= 11 is 0. The van der Waals surface area contributed by atoms with Gasteiger partial charge in [0, 0.05) is 45.8 Å². The molecule has 19 heavy (non-hydrogen) atoms. The van der Waals surface area contributed by atoms with E-state index in [4.69, 9.17) is 5.73 Å². The molecule has 0 radical (unpaired) electrons. The Morgan fingerprint density at radius 3 is 2.11 bits per heavy atom. The molecule has 1 heterocycles. The maximum atomic E-state index is 5.90. The Morgan fingerprint density at radius 1 is 1.05 bits per heavy atom. The molecule has 114 valence electrons. The second-order valence-corrected chi connectivity index (χ2v) is 6.68. The van der Waals surface area contributed by atoms with Crippen molar-refractivity contribution in [2.45, 2.75) is 20.3 Å². The normalized spacial score (nSPS) is 20.4. The van der Waals surface area contributed by atoms with Crippen molar-refractivity contribution in [2.24, 2.45) is 17.6 Å². The molecule has 1 aliphatic heterocycles. The highest BCUT2D eigenvalue weighted by atomic mass is 15.3. The molecule has 0 bridgehead atoms. The first-order valence-corrected chi connectivity index (χ1v) is 7.80. The fraction of sp³-hybridized carbons (Fsp3) is 1.00. The maximum Gasteiger partial charge on any atom is 0.0110 e. The van der Waals surface area contributed by atoms with E-state index in [1.54, 1.807) is 0 Å². The highest BCUT2D eigenvalue weighted by molar-refractivity contribution is 4.75. The zero-order chi connectivity index (χ0) is 14.3. The molecule has 0 amide bonds. The minimum atomic E-state index is 0.674. The second-order valence-electron chi connectivity index (χ2n) is 6.68. The van der Waals surface area contributed by atoms with Crippen molar-refractivity contribution in [3.05, 3.63) is 0 Å². The van der Waals surface area contributed by atoms with Crippen LogP contribution in [0.3, 0.4) is 0 Å². The standard InChI is InChI=1S/C15H34N4/c1-14(2)11-15(12-16)13-19-9-7-18(8-10-19)6-5-17(3)4/h14-15H,5-13,16H2,1-4H3. The summed E-state index contributed by atoms with van der Waals surface area (Å²) in [5.41, 5.74) is 5.90. The van der Waals surface area contributed by atoms with E-state index in [2.05, 4.69) is 42.6 Å². The van der Waals surface area contributed by atoms with Crippen LogP contribution >= 0.6 is 0 Å². The molecule has 4 nitrogen and oxygen atoms in total. The van der Waals surface area contributed by atoms with Crippen molar-refractivity contribution in [1.82, 2.24) is 14.7 Å². The van der Waals surface area contributed by atoms with Crippen LogP contribution in [-0.2, 0) is 0 Å². The Hall–Kier alpha value is -0.160. The number of likely N-dealkylation sites (N-methyl/N-ethyl adjacent to an activating group) is 1. The predicted molar refractivity (Wildman–Crippen MR) is 83.4 cm³/mol. The molecule has 1 rings (SSSR count). The Balaban J connectivity index is 2.21. The third-order valence-electron chi connectivity index (χ3n) is 3.98. The van der Waals surface area contributed by atoms with Gasteiger partial charge in [0.15, 0.2) is 0 Å². The van der Waals surface area contributed by atoms with Crippen LogP contribution in [0.15, 0.2) is 0 Å². The molecule has 1 aliphatic rings. The lowest BCUT2D eigenvalue weighted by atomic mass is 9.96. The second kappa shape index (κ2) is 8.90. The summed E-state index contributed by atoms with van der Waals surface area (Å²) in [6.07, 6.45) is 1.26. The van der Waals surface area contributed by atoms with Gasteiger partial charge in [-0.05, 0) is 38.9 Å².